The minimum Gasteiger partial charge on any atom is -0.463 e. The molecule has 0 unspecified atom stereocenters. The van der Waals surface area contributed by atoms with Crippen LogP contribution in [0.5, 0.6) is 0 Å². The minimum absolute atomic E-state index is 0.268. The van der Waals surface area contributed by atoms with Gasteiger partial charge in [0.05, 0.1) is 12.2 Å². The Morgan fingerprint density at radius 2 is 1.89 bits per heavy atom. The summed E-state index contributed by atoms with van der Waals surface area (Å²) < 4.78 is 9.80. The Hall–Kier alpha value is -1.84. The Morgan fingerprint density at radius 1 is 1.22 bits per heavy atom. The fourth-order valence-corrected chi connectivity index (χ4v) is 1.40. The molecule has 0 aliphatic heterocycles. The van der Waals surface area contributed by atoms with Crippen LogP contribution in [0, 0.1) is 13.8 Å². The lowest BCUT2D eigenvalue weighted by molar-refractivity contribution is -0.152. The first-order valence-electron chi connectivity index (χ1n) is 5.90. The van der Waals surface area contributed by atoms with E-state index >= 15 is 0 Å². The Labute approximate surface area is 107 Å². The largest absolute Gasteiger partial charge is 0.463 e. The number of esters is 2. The highest BCUT2D eigenvalue weighted by Crippen LogP contribution is 2.12. The van der Waals surface area contributed by atoms with E-state index < -0.39 is 18.0 Å². The van der Waals surface area contributed by atoms with Crippen LogP contribution in [-0.4, -0.2) is 24.6 Å². The smallest absolute Gasteiger partial charge is 0.347 e. The van der Waals surface area contributed by atoms with E-state index in [1.807, 2.05) is 19.9 Å². The molecule has 1 rings (SSSR count). The highest BCUT2D eigenvalue weighted by atomic mass is 16.6. The summed E-state index contributed by atoms with van der Waals surface area (Å²) in [5.74, 6) is -1.05. The second-order valence-corrected chi connectivity index (χ2v) is 4.10. The lowest BCUT2D eigenvalue weighted by atomic mass is 10.1. The van der Waals surface area contributed by atoms with Gasteiger partial charge in [-0.3, -0.25) is 0 Å². The van der Waals surface area contributed by atoms with Crippen LogP contribution in [0.3, 0.4) is 0 Å². The van der Waals surface area contributed by atoms with E-state index in [2.05, 4.69) is 0 Å². The molecule has 0 saturated carbocycles. The number of rotatable bonds is 4. The van der Waals surface area contributed by atoms with Crippen LogP contribution in [0.2, 0.25) is 0 Å². The van der Waals surface area contributed by atoms with Crippen LogP contribution in [0.1, 0.15) is 35.3 Å². The van der Waals surface area contributed by atoms with Gasteiger partial charge in [-0.05, 0) is 51.0 Å². The molecule has 0 aromatic heterocycles. The highest BCUT2D eigenvalue weighted by molar-refractivity contribution is 5.91. The fraction of sp³-hybridized carbons (Fsp3) is 0.429. The standard InChI is InChI=1S/C14H18O4/c1-5-17-13(15)11(4)18-14(16)12-7-6-9(2)10(3)8-12/h6-8,11H,5H2,1-4H3/t11-/m0/s1. The van der Waals surface area contributed by atoms with Gasteiger partial charge < -0.3 is 9.47 Å². The first kappa shape index (κ1) is 14.2. The summed E-state index contributed by atoms with van der Waals surface area (Å²) in [5, 5.41) is 0. The summed E-state index contributed by atoms with van der Waals surface area (Å²) in [6.07, 6.45) is -0.890. The van der Waals surface area contributed by atoms with Crippen molar-refractivity contribution in [3.05, 3.63) is 34.9 Å². The zero-order valence-electron chi connectivity index (χ0n) is 11.1. The molecule has 4 nitrogen and oxygen atoms in total. The topological polar surface area (TPSA) is 52.6 Å². The van der Waals surface area contributed by atoms with Gasteiger partial charge in [-0.25, -0.2) is 9.59 Å². The van der Waals surface area contributed by atoms with Crippen molar-refractivity contribution in [3.63, 3.8) is 0 Å². The number of carbonyl (C=O) groups is 2. The van der Waals surface area contributed by atoms with Crippen LogP contribution < -0.4 is 0 Å². The van der Waals surface area contributed by atoms with Crippen molar-refractivity contribution in [2.24, 2.45) is 0 Å². The zero-order valence-corrected chi connectivity index (χ0v) is 11.1. The Kier molecular flexibility index (Phi) is 4.89. The SMILES string of the molecule is CCOC(=O)[C@H](C)OC(=O)c1ccc(C)c(C)c1. The van der Waals surface area contributed by atoms with Crippen molar-refractivity contribution in [1.29, 1.82) is 0 Å². The first-order valence-corrected chi connectivity index (χ1v) is 5.90. The Balaban J connectivity index is 2.70. The molecule has 0 heterocycles. The molecule has 0 bridgehead atoms. The molecule has 0 aliphatic rings. The van der Waals surface area contributed by atoms with Crippen molar-refractivity contribution in [1.82, 2.24) is 0 Å². The molecule has 0 amide bonds. The van der Waals surface area contributed by atoms with Gasteiger partial charge in [0.15, 0.2) is 6.10 Å². The van der Waals surface area contributed by atoms with E-state index in [9.17, 15) is 9.59 Å². The van der Waals surface area contributed by atoms with Crippen LogP contribution in [-0.2, 0) is 14.3 Å². The third kappa shape index (κ3) is 3.58. The number of ether oxygens (including phenoxy) is 2. The molecule has 4 heteroatoms. The van der Waals surface area contributed by atoms with Gasteiger partial charge in [0.25, 0.3) is 0 Å². The average Bonchev–Trinajstić information content (AvgIpc) is 2.32. The average molecular weight is 250 g/mol. The summed E-state index contributed by atoms with van der Waals surface area (Å²) in [7, 11) is 0. The van der Waals surface area contributed by atoms with Gasteiger partial charge >= 0.3 is 11.9 Å². The summed E-state index contributed by atoms with van der Waals surface area (Å²) in [4.78, 5) is 23.1. The van der Waals surface area contributed by atoms with Gasteiger partial charge in [-0.15, -0.1) is 0 Å². The third-order valence-electron chi connectivity index (χ3n) is 2.64. The number of benzene rings is 1. The van der Waals surface area contributed by atoms with Crippen molar-refractivity contribution < 1.29 is 19.1 Å². The fourth-order valence-electron chi connectivity index (χ4n) is 1.40. The van der Waals surface area contributed by atoms with E-state index in [-0.39, 0.29) is 6.61 Å². The summed E-state index contributed by atoms with van der Waals surface area (Å²) in [6.45, 7) is 7.35. The van der Waals surface area contributed by atoms with E-state index in [0.29, 0.717) is 5.56 Å². The zero-order chi connectivity index (χ0) is 13.7. The molecule has 18 heavy (non-hydrogen) atoms. The van der Waals surface area contributed by atoms with Crippen LogP contribution in [0.25, 0.3) is 0 Å². The maximum Gasteiger partial charge on any atom is 0.347 e. The second-order valence-electron chi connectivity index (χ2n) is 4.10. The number of hydrogen-bond donors (Lipinski definition) is 0. The molecule has 0 saturated heterocycles. The predicted octanol–water partition coefficient (Wildman–Crippen LogP) is 2.41. The van der Waals surface area contributed by atoms with E-state index in [1.165, 1.54) is 6.92 Å². The molecule has 98 valence electrons. The van der Waals surface area contributed by atoms with Crippen molar-refractivity contribution >= 4 is 11.9 Å². The molecule has 0 fully saturated rings. The van der Waals surface area contributed by atoms with Crippen molar-refractivity contribution in [3.8, 4) is 0 Å². The van der Waals surface area contributed by atoms with E-state index in [4.69, 9.17) is 9.47 Å². The Morgan fingerprint density at radius 3 is 2.44 bits per heavy atom. The summed E-state index contributed by atoms with van der Waals surface area (Å²) in [6, 6.07) is 5.28. The lowest BCUT2D eigenvalue weighted by Gasteiger charge is -2.12. The molecule has 0 N–H and O–H groups in total. The Bertz CT molecular complexity index is 451. The molecular weight excluding hydrogens is 232 g/mol. The van der Waals surface area contributed by atoms with E-state index in [0.717, 1.165) is 11.1 Å². The van der Waals surface area contributed by atoms with Crippen LogP contribution in [0.4, 0.5) is 0 Å². The van der Waals surface area contributed by atoms with Gasteiger partial charge in [-0.2, -0.15) is 0 Å². The van der Waals surface area contributed by atoms with Crippen molar-refractivity contribution in [2.75, 3.05) is 6.61 Å². The van der Waals surface area contributed by atoms with E-state index in [1.54, 1.807) is 19.1 Å². The highest BCUT2D eigenvalue weighted by Gasteiger charge is 2.19. The second kappa shape index (κ2) is 6.19. The van der Waals surface area contributed by atoms with Gasteiger partial charge in [-0.1, -0.05) is 6.07 Å². The van der Waals surface area contributed by atoms with Crippen LogP contribution in [0.15, 0.2) is 18.2 Å². The molecule has 0 radical (unpaired) electrons. The van der Waals surface area contributed by atoms with Gasteiger partial charge in [0, 0.05) is 0 Å². The summed E-state index contributed by atoms with van der Waals surface area (Å²) in [5.41, 5.74) is 2.55. The predicted molar refractivity (Wildman–Crippen MR) is 67.4 cm³/mol. The maximum atomic E-state index is 11.8. The molecule has 1 aromatic rings. The third-order valence-corrected chi connectivity index (χ3v) is 2.64. The molecule has 0 spiro atoms. The van der Waals surface area contributed by atoms with Crippen LogP contribution >= 0.6 is 0 Å². The molecular formula is C14H18O4. The van der Waals surface area contributed by atoms with Gasteiger partial charge in [0.1, 0.15) is 0 Å². The molecule has 0 aliphatic carbocycles. The quantitative estimate of drug-likeness (QED) is 0.770. The number of carbonyl (C=O) groups excluding carboxylic acids is 2. The minimum atomic E-state index is -0.890. The number of hydrogen-bond acceptors (Lipinski definition) is 4. The summed E-state index contributed by atoms with van der Waals surface area (Å²) >= 11 is 0. The lowest BCUT2D eigenvalue weighted by Crippen LogP contribution is -2.26. The first-order chi connectivity index (χ1) is 8.45. The normalized spacial score (nSPS) is 11.8. The maximum absolute atomic E-state index is 11.8. The molecule has 1 aromatic carbocycles. The van der Waals surface area contributed by atoms with Crippen molar-refractivity contribution in [2.45, 2.75) is 33.8 Å². The van der Waals surface area contributed by atoms with Gasteiger partial charge in [0.2, 0.25) is 0 Å². The monoisotopic (exact) mass is 250 g/mol. The number of aryl methyl sites for hydroxylation is 2. The molecule has 1 atom stereocenters.